The SMILES string of the molecule is CC(=O)N[C@H]1[C@H]([C@H](O)[C@H](O)CO)O[C@@](OC[C@H]2O[C@@H](OC[C@@H](O)[C@@H](O)[C@@H]3O[C@](O)(C(=O)O)C[C@H](O)[C@H]3O)[C@H](O)[C@@H](O)[C@H]2O)(C(=O)O)C[C@@H]1O. The topological polar surface area (TPSA) is 393 Å². The molecule has 0 aliphatic carbocycles. The Kier molecular flexibility index (Phi) is 13.8. The van der Waals surface area contributed by atoms with Crippen LogP contribution >= 0.6 is 0 Å². The molecule has 0 spiro atoms. The van der Waals surface area contributed by atoms with E-state index in [4.69, 9.17) is 23.7 Å². The van der Waals surface area contributed by atoms with E-state index in [1.165, 1.54) is 0 Å². The van der Waals surface area contributed by atoms with E-state index < -0.39 is 154 Å². The number of carboxylic acids is 2. The van der Waals surface area contributed by atoms with Crippen LogP contribution in [-0.2, 0) is 38.1 Å². The molecule has 17 atom stereocenters. The molecular weight excluding hydrogens is 678 g/mol. The number of aliphatic hydroxyl groups is 12. The fourth-order valence-electron chi connectivity index (χ4n) is 5.57. The van der Waals surface area contributed by atoms with Gasteiger partial charge in [0.05, 0.1) is 38.1 Å². The second-order valence-corrected chi connectivity index (χ2v) is 12.0. The quantitative estimate of drug-likeness (QED) is 0.0791. The second kappa shape index (κ2) is 16.4. The standard InChI is InChI=1S/C26H43NO22/c1-7(29)27-13-8(30)3-26(24(42)43,49-20(13)15(35)10(32)4-28)46-6-12-17(37)18(38)19(39)22(47-12)45-5-11(33)16(36)21-14(34)9(31)2-25(44,48-21)23(40)41/h8-22,28,30-39,44H,2-6H2,1H3,(H,27,29)(H,40,41)(H,42,43)/t8-,9-,10+,11+,12+,13+,14+,15+,16+,17-,18-,19+,20+,21+,22+,25-,26+/m0/s1. The summed E-state index contributed by atoms with van der Waals surface area (Å²) in [5.41, 5.74) is 0. The smallest absolute Gasteiger partial charge is 0.364 e. The summed E-state index contributed by atoms with van der Waals surface area (Å²) in [7, 11) is 0. The van der Waals surface area contributed by atoms with Gasteiger partial charge in [-0.15, -0.1) is 0 Å². The number of nitrogens with one attached hydrogen (secondary N) is 1. The van der Waals surface area contributed by atoms with Crippen LogP contribution < -0.4 is 5.32 Å². The zero-order chi connectivity index (χ0) is 37.2. The van der Waals surface area contributed by atoms with Gasteiger partial charge < -0.3 is 100 Å². The van der Waals surface area contributed by atoms with Crippen LogP contribution in [0.25, 0.3) is 0 Å². The largest absolute Gasteiger partial charge is 0.477 e. The van der Waals surface area contributed by atoms with Gasteiger partial charge in [0.25, 0.3) is 11.6 Å². The summed E-state index contributed by atoms with van der Waals surface area (Å²) in [6, 6.07) is -1.51. The maximum Gasteiger partial charge on any atom is 0.364 e. The average molecular weight is 722 g/mol. The molecule has 0 bridgehead atoms. The third-order valence-electron chi connectivity index (χ3n) is 8.38. The molecule has 0 unspecified atom stereocenters. The van der Waals surface area contributed by atoms with E-state index in [9.17, 15) is 85.9 Å². The average Bonchev–Trinajstić information content (AvgIpc) is 3.03. The molecule has 3 heterocycles. The van der Waals surface area contributed by atoms with Gasteiger partial charge in [-0.2, -0.15) is 0 Å². The number of hydrogen-bond acceptors (Lipinski definition) is 20. The fourth-order valence-corrected chi connectivity index (χ4v) is 5.57. The summed E-state index contributed by atoms with van der Waals surface area (Å²) < 4.78 is 26.2. The first kappa shape index (κ1) is 41.2. The Hall–Kier alpha value is -2.27. The maximum absolute atomic E-state index is 12.4. The third kappa shape index (κ3) is 8.97. The lowest BCUT2D eigenvalue weighted by Gasteiger charge is -2.47. The highest BCUT2D eigenvalue weighted by molar-refractivity contribution is 5.77. The van der Waals surface area contributed by atoms with Crippen molar-refractivity contribution in [1.82, 2.24) is 5.32 Å². The summed E-state index contributed by atoms with van der Waals surface area (Å²) in [4.78, 5) is 35.4. The number of amides is 1. The lowest BCUT2D eigenvalue weighted by atomic mass is 9.88. The Balaban J connectivity index is 1.73. The number of aliphatic hydroxyl groups excluding tert-OH is 11. The molecule has 0 radical (unpaired) electrons. The lowest BCUT2D eigenvalue weighted by molar-refractivity contribution is -0.341. The third-order valence-corrected chi connectivity index (χ3v) is 8.38. The van der Waals surface area contributed by atoms with Crippen molar-refractivity contribution in [3.05, 3.63) is 0 Å². The molecule has 3 saturated heterocycles. The predicted molar refractivity (Wildman–Crippen MR) is 147 cm³/mol. The molecule has 3 aliphatic heterocycles. The van der Waals surface area contributed by atoms with E-state index in [0.29, 0.717) is 0 Å². The lowest BCUT2D eigenvalue weighted by Crippen LogP contribution is -2.68. The zero-order valence-corrected chi connectivity index (χ0v) is 25.7. The van der Waals surface area contributed by atoms with E-state index in [-0.39, 0.29) is 0 Å². The minimum Gasteiger partial charge on any atom is -0.477 e. The van der Waals surface area contributed by atoms with Crippen LogP contribution in [0, 0.1) is 0 Å². The van der Waals surface area contributed by atoms with Crippen molar-refractivity contribution in [2.45, 2.75) is 123 Å². The number of ether oxygens (including phenoxy) is 5. The van der Waals surface area contributed by atoms with Crippen molar-refractivity contribution in [2.75, 3.05) is 19.8 Å². The van der Waals surface area contributed by atoms with Gasteiger partial charge in [0.2, 0.25) is 5.91 Å². The molecule has 0 aromatic rings. The van der Waals surface area contributed by atoms with Gasteiger partial charge in [-0.1, -0.05) is 0 Å². The van der Waals surface area contributed by atoms with Crippen molar-refractivity contribution in [1.29, 1.82) is 0 Å². The molecule has 3 rings (SSSR count). The van der Waals surface area contributed by atoms with Crippen LogP contribution in [0.4, 0.5) is 0 Å². The Morgan fingerprint density at radius 1 is 0.816 bits per heavy atom. The van der Waals surface area contributed by atoms with Gasteiger partial charge >= 0.3 is 11.9 Å². The van der Waals surface area contributed by atoms with Crippen LogP contribution in [0.5, 0.6) is 0 Å². The molecule has 15 N–H and O–H groups in total. The first-order valence-electron chi connectivity index (χ1n) is 14.8. The Morgan fingerprint density at radius 3 is 1.98 bits per heavy atom. The Labute approximate surface area is 276 Å². The van der Waals surface area contributed by atoms with E-state index in [2.05, 4.69) is 5.32 Å². The molecule has 49 heavy (non-hydrogen) atoms. The van der Waals surface area contributed by atoms with Gasteiger partial charge in [-0.25, -0.2) is 9.59 Å². The zero-order valence-electron chi connectivity index (χ0n) is 25.7. The molecule has 0 saturated carbocycles. The van der Waals surface area contributed by atoms with Crippen molar-refractivity contribution < 1.29 is 110 Å². The molecular formula is C26H43NO22. The maximum atomic E-state index is 12.4. The Morgan fingerprint density at radius 2 is 1.43 bits per heavy atom. The summed E-state index contributed by atoms with van der Waals surface area (Å²) in [6.45, 7) is -2.05. The Bertz CT molecular complexity index is 1150. The number of aliphatic carboxylic acids is 2. The van der Waals surface area contributed by atoms with E-state index in [1.54, 1.807) is 0 Å². The van der Waals surface area contributed by atoms with Gasteiger partial charge in [-0.05, 0) is 0 Å². The van der Waals surface area contributed by atoms with E-state index in [1.807, 2.05) is 0 Å². The highest BCUT2D eigenvalue weighted by Gasteiger charge is 2.57. The minimum absolute atomic E-state index is 0.746. The first-order valence-corrected chi connectivity index (χ1v) is 14.8. The fraction of sp³-hybridized carbons (Fsp3) is 0.885. The van der Waals surface area contributed by atoms with Gasteiger partial charge in [0.15, 0.2) is 6.29 Å². The van der Waals surface area contributed by atoms with Crippen molar-refractivity contribution in [3.8, 4) is 0 Å². The predicted octanol–water partition coefficient (Wildman–Crippen LogP) is -9.02. The van der Waals surface area contributed by atoms with Gasteiger partial charge in [0.1, 0.15) is 67.1 Å². The molecule has 0 aromatic carbocycles. The molecule has 23 nitrogen and oxygen atoms in total. The van der Waals surface area contributed by atoms with Crippen LogP contribution in [0.1, 0.15) is 19.8 Å². The van der Waals surface area contributed by atoms with Crippen LogP contribution in [-0.4, -0.2) is 212 Å². The van der Waals surface area contributed by atoms with E-state index >= 15 is 0 Å². The summed E-state index contributed by atoms with van der Waals surface area (Å²) >= 11 is 0. The molecule has 3 fully saturated rings. The first-order chi connectivity index (χ1) is 22.7. The van der Waals surface area contributed by atoms with Crippen molar-refractivity contribution in [3.63, 3.8) is 0 Å². The van der Waals surface area contributed by atoms with E-state index in [0.717, 1.165) is 6.92 Å². The van der Waals surface area contributed by atoms with Crippen LogP contribution in [0.2, 0.25) is 0 Å². The molecule has 0 aromatic heterocycles. The molecule has 23 heteroatoms. The normalized spacial score (nSPS) is 42.4. The van der Waals surface area contributed by atoms with Gasteiger partial charge in [-0.3, -0.25) is 4.79 Å². The summed E-state index contributed by atoms with van der Waals surface area (Å²) in [6.07, 6.45) is -29.9. The summed E-state index contributed by atoms with van der Waals surface area (Å²) in [5.74, 6) is -10.6. The highest BCUT2D eigenvalue weighted by Crippen LogP contribution is 2.35. The summed E-state index contributed by atoms with van der Waals surface area (Å²) in [5, 5.41) is 144. The monoisotopic (exact) mass is 721 g/mol. The number of carbonyl (C=O) groups is 3. The second-order valence-electron chi connectivity index (χ2n) is 12.0. The number of rotatable bonds is 14. The van der Waals surface area contributed by atoms with Crippen molar-refractivity contribution in [2.24, 2.45) is 0 Å². The van der Waals surface area contributed by atoms with Gasteiger partial charge in [0, 0.05) is 19.8 Å². The molecule has 284 valence electrons. The molecule has 3 aliphatic rings. The number of hydrogen-bond donors (Lipinski definition) is 15. The van der Waals surface area contributed by atoms with Crippen LogP contribution in [0.3, 0.4) is 0 Å². The van der Waals surface area contributed by atoms with Crippen LogP contribution in [0.15, 0.2) is 0 Å². The minimum atomic E-state index is -3.05. The number of carbonyl (C=O) groups excluding carboxylic acids is 1. The molecule has 1 amide bonds. The number of carboxylic acid groups (broad SMARTS) is 2. The highest BCUT2D eigenvalue weighted by atomic mass is 16.7. The van der Waals surface area contributed by atoms with Crippen molar-refractivity contribution >= 4 is 17.8 Å².